The topological polar surface area (TPSA) is 41.6 Å². The van der Waals surface area contributed by atoms with Crippen LogP contribution in [-0.2, 0) is 6.61 Å². The molecule has 1 aromatic heterocycles. The van der Waals surface area contributed by atoms with Gasteiger partial charge in [0.2, 0.25) is 0 Å². The van der Waals surface area contributed by atoms with Gasteiger partial charge in [0.15, 0.2) is 0 Å². The first-order valence-electron chi connectivity index (χ1n) is 7.98. The first-order chi connectivity index (χ1) is 11.3. The highest BCUT2D eigenvalue weighted by Crippen LogP contribution is 2.20. The van der Waals surface area contributed by atoms with Crippen LogP contribution in [-0.4, -0.2) is 37.0 Å². The zero-order valence-corrected chi connectivity index (χ0v) is 14.1. The van der Waals surface area contributed by atoms with Crippen LogP contribution < -0.4 is 10.1 Å². The van der Waals surface area contributed by atoms with Gasteiger partial charge in [-0.3, -0.25) is 4.79 Å². The molecule has 0 spiro atoms. The van der Waals surface area contributed by atoms with Gasteiger partial charge >= 0.3 is 0 Å². The summed E-state index contributed by atoms with van der Waals surface area (Å²) in [6, 6.07) is 12.1. The molecule has 5 heteroatoms. The summed E-state index contributed by atoms with van der Waals surface area (Å²) in [6.45, 7) is 2.16. The molecule has 1 aliphatic heterocycles. The van der Waals surface area contributed by atoms with Crippen molar-refractivity contribution in [2.45, 2.75) is 25.5 Å². The number of hydrogen-bond donors (Lipinski definition) is 1. The molecule has 0 atom stereocenters. The van der Waals surface area contributed by atoms with E-state index < -0.39 is 0 Å². The van der Waals surface area contributed by atoms with E-state index in [4.69, 9.17) is 4.74 Å². The smallest absolute Gasteiger partial charge is 0.253 e. The zero-order valence-electron chi connectivity index (χ0n) is 13.3. The molecule has 2 aromatic rings. The molecule has 23 heavy (non-hydrogen) atoms. The first kappa shape index (κ1) is 16.0. The van der Waals surface area contributed by atoms with Crippen molar-refractivity contribution >= 4 is 17.2 Å². The molecule has 2 heterocycles. The van der Waals surface area contributed by atoms with Gasteiger partial charge < -0.3 is 15.0 Å². The number of thiophene rings is 1. The molecule has 0 saturated carbocycles. The lowest BCUT2D eigenvalue weighted by molar-refractivity contribution is 0.0707. The Morgan fingerprint density at radius 3 is 2.83 bits per heavy atom. The van der Waals surface area contributed by atoms with Crippen molar-refractivity contribution < 1.29 is 9.53 Å². The highest BCUT2D eigenvalue weighted by molar-refractivity contribution is 7.09. The first-order valence-corrected chi connectivity index (χ1v) is 8.86. The summed E-state index contributed by atoms with van der Waals surface area (Å²) in [7, 11) is 1.98. The van der Waals surface area contributed by atoms with Crippen LogP contribution in [0.3, 0.4) is 0 Å². The van der Waals surface area contributed by atoms with Crippen LogP contribution in [0.15, 0.2) is 41.8 Å². The van der Waals surface area contributed by atoms with Crippen LogP contribution in [0.5, 0.6) is 5.75 Å². The van der Waals surface area contributed by atoms with E-state index in [1.807, 2.05) is 53.7 Å². The van der Waals surface area contributed by atoms with Gasteiger partial charge in [-0.05, 0) is 49.5 Å². The summed E-state index contributed by atoms with van der Waals surface area (Å²) in [4.78, 5) is 15.7. The Kier molecular flexibility index (Phi) is 5.31. The van der Waals surface area contributed by atoms with Gasteiger partial charge in [0.05, 0.1) is 0 Å². The van der Waals surface area contributed by atoms with Crippen LogP contribution in [0.2, 0.25) is 0 Å². The van der Waals surface area contributed by atoms with Gasteiger partial charge in [0, 0.05) is 29.6 Å². The van der Waals surface area contributed by atoms with E-state index in [9.17, 15) is 4.79 Å². The molecule has 4 nitrogen and oxygen atoms in total. The third-order valence-electron chi connectivity index (χ3n) is 4.23. The molecule has 1 saturated heterocycles. The SMILES string of the molecule is CNC1CCN(C(=O)c2cccc(OCc3cccs3)c2)CC1. The maximum Gasteiger partial charge on any atom is 0.253 e. The van der Waals surface area contributed by atoms with Crippen molar-refractivity contribution in [3.8, 4) is 5.75 Å². The van der Waals surface area contributed by atoms with E-state index in [2.05, 4.69) is 5.32 Å². The second kappa shape index (κ2) is 7.62. The zero-order chi connectivity index (χ0) is 16.1. The molecule has 0 radical (unpaired) electrons. The lowest BCUT2D eigenvalue weighted by Crippen LogP contribution is -2.43. The monoisotopic (exact) mass is 330 g/mol. The summed E-state index contributed by atoms with van der Waals surface area (Å²) >= 11 is 1.67. The summed E-state index contributed by atoms with van der Waals surface area (Å²) in [5.41, 5.74) is 0.705. The van der Waals surface area contributed by atoms with Crippen LogP contribution in [0.4, 0.5) is 0 Å². The lowest BCUT2D eigenvalue weighted by atomic mass is 10.0. The highest BCUT2D eigenvalue weighted by atomic mass is 32.1. The average molecular weight is 330 g/mol. The fourth-order valence-corrected chi connectivity index (χ4v) is 3.44. The van der Waals surface area contributed by atoms with Gasteiger partial charge in [-0.1, -0.05) is 12.1 Å². The van der Waals surface area contributed by atoms with Crippen LogP contribution in [0.1, 0.15) is 28.1 Å². The van der Waals surface area contributed by atoms with Crippen molar-refractivity contribution in [1.82, 2.24) is 10.2 Å². The molecule has 1 amide bonds. The van der Waals surface area contributed by atoms with E-state index in [1.54, 1.807) is 11.3 Å². The number of carbonyl (C=O) groups excluding carboxylic acids is 1. The Morgan fingerprint density at radius 1 is 1.30 bits per heavy atom. The Morgan fingerprint density at radius 2 is 2.13 bits per heavy atom. The van der Waals surface area contributed by atoms with Crippen LogP contribution in [0.25, 0.3) is 0 Å². The highest BCUT2D eigenvalue weighted by Gasteiger charge is 2.22. The van der Waals surface area contributed by atoms with Gasteiger partial charge in [0.1, 0.15) is 12.4 Å². The van der Waals surface area contributed by atoms with Gasteiger partial charge in [-0.15, -0.1) is 11.3 Å². The number of nitrogens with zero attached hydrogens (tertiary/aromatic N) is 1. The van der Waals surface area contributed by atoms with Crippen molar-refractivity contribution in [1.29, 1.82) is 0 Å². The number of likely N-dealkylation sites (tertiary alicyclic amines) is 1. The molecule has 0 aliphatic carbocycles. The third-order valence-corrected chi connectivity index (χ3v) is 5.08. The average Bonchev–Trinajstić information content (AvgIpc) is 3.13. The fourth-order valence-electron chi connectivity index (χ4n) is 2.82. The number of rotatable bonds is 5. The van der Waals surface area contributed by atoms with Gasteiger partial charge in [-0.25, -0.2) is 0 Å². The van der Waals surface area contributed by atoms with Crippen molar-refractivity contribution in [3.05, 3.63) is 52.2 Å². The fraction of sp³-hybridized carbons (Fsp3) is 0.389. The van der Waals surface area contributed by atoms with Gasteiger partial charge in [0.25, 0.3) is 5.91 Å². The number of benzene rings is 1. The normalized spacial score (nSPS) is 15.6. The van der Waals surface area contributed by atoms with Gasteiger partial charge in [-0.2, -0.15) is 0 Å². The molecule has 1 aromatic carbocycles. The summed E-state index contributed by atoms with van der Waals surface area (Å²) in [5.74, 6) is 0.843. The predicted octanol–water partition coefficient (Wildman–Crippen LogP) is 3.15. The Bertz CT molecular complexity index is 634. The summed E-state index contributed by atoms with van der Waals surface area (Å²) in [5, 5.41) is 5.32. The Hall–Kier alpha value is -1.85. The molecule has 3 rings (SSSR count). The molecule has 0 bridgehead atoms. The molecule has 1 aliphatic rings. The number of piperidine rings is 1. The summed E-state index contributed by atoms with van der Waals surface area (Å²) in [6.07, 6.45) is 2.02. The molecule has 1 N–H and O–H groups in total. The quantitative estimate of drug-likeness (QED) is 0.916. The second-order valence-corrected chi connectivity index (χ2v) is 6.78. The van der Waals surface area contributed by atoms with Crippen LogP contribution >= 0.6 is 11.3 Å². The summed E-state index contributed by atoms with van der Waals surface area (Å²) < 4.78 is 5.79. The number of carbonyl (C=O) groups is 1. The van der Waals surface area contributed by atoms with E-state index in [0.29, 0.717) is 18.2 Å². The van der Waals surface area contributed by atoms with E-state index >= 15 is 0 Å². The maximum atomic E-state index is 12.6. The number of ether oxygens (including phenoxy) is 1. The van der Waals surface area contributed by atoms with Crippen molar-refractivity contribution in [2.24, 2.45) is 0 Å². The van der Waals surface area contributed by atoms with Crippen molar-refractivity contribution in [3.63, 3.8) is 0 Å². The molecule has 1 fully saturated rings. The van der Waals surface area contributed by atoms with E-state index in [0.717, 1.165) is 31.7 Å². The second-order valence-electron chi connectivity index (χ2n) is 5.75. The Balaban J connectivity index is 1.61. The molecule has 122 valence electrons. The molecular weight excluding hydrogens is 308 g/mol. The minimum absolute atomic E-state index is 0.0983. The van der Waals surface area contributed by atoms with Crippen LogP contribution in [0, 0.1) is 0 Å². The van der Waals surface area contributed by atoms with E-state index in [-0.39, 0.29) is 5.91 Å². The number of nitrogens with one attached hydrogen (secondary N) is 1. The van der Waals surface area contributed by atoms with Crippen molar-refractivity contribution in [2.75, 3.05) is 20.1 Å². The lowest BCUT2D eigenvalue weighted by Gasteiger charge is -2.31. The standard InChI is InChI=1S/C18H22N2O2S/c1-19-15-7-9-20(10-8-15)18(21)14-4-2-5-16(12-14)22-13-17-6-3-11-23-17/h2-6,11-12,15,19H,7-10,13H2,1H3. The number of amides is 1. The third kappa shape index (κ3) is 4.12. The minimum atomic E-state index is 0.0983. The molecular formula is C18H22N2O2S. The van der Waals surface area contributed by atoms with E-state index in [1.165, 1.54) is 4.88 Å². The predicted molar refractivity (Wildman–Crippen MR) is 93.1 cm³/mol. The largest absolute Gasteiger partial charge is 0.488 e. The minimum Gasteiger partial charge on any atom is -0.488 e. The number of hydrogen-bond acceptors (Lipinski definition) is 4. The Labute approximate surface area is 141 Å². The maximum absolute atomic E-state index is 12.6. The molecule has 0 unspecified atom stereocenters.